The zero-order chi connectivity index (χ0) is 17.3. The number of hydrogen-bond acceptors (Lipinski definition) is 6. The van der Waals surface area contributed by atoms with Gasteiger partial charge in [-0.05, 0) is 5.56 Å². The van der Waals surface area contributed by atoms with E-state index in [2.05, 4.69) is 4.52 Å². The second-order valence-electron chi connectivity index (χ2n) is 4.51. The Kier molecular flexibility index (Phi) is 7.70. The second-order valence-corrected chi connectivity index (χ2v) is 6.41. The molecular formula is C13H19N2O7P. The summed E-state index contributed by atoms with van der Waals surface area (Å²) >= 11 is 0. The van der Waals surface area contributed by atoms with Gasteiger partial charge in [0.05, 0.1) is 19.1 Å². The van der Waals surface area contributed by atoms with Crippen LogP contribution in [-0.2, 0) is 25.3 Å². The molecule has 0 fully saturated rings. The van der Waals surface area contributed by atoms with Crippen LogP contribution in [0.1, 0.15) is 12.0 Å². The van der Waals surface area contributed by atoms with Crippen molar-refractivity contribution in [1.29, 1.82) is 0 Å². The maximum atomic E-state index is 11.5. The Bertz CT molecular complexity index is 567. The van der Waals surface area contributed by atoms with Crippen LogP contribution in [0.2, 0.25) is 0 Å². The Morgan fingerprint density at radius 3 is 2.48 bits per heavy atom. The van der Waals surface area contributed by atoms with Crippen LogP contribution in [-0.4, -0.2) is 46.4 Å². The van der Waals surface area contributed by atoms with Crippen molar-refractivity contribution in [3.8, 4) is 0 Å². The lowest BCUT2D eigenvalue weighted by Gasteiger charge is -2.18. The molecule has 1 aromatic rings. The first-order valence-electron chi connectivity index (χ1n) is 6.75. The highest BCUT2D eigenvalue weighted by Crippen LogP contribution is 2.41. The average molecular weight is 346 g/mol. The molecule has 0 aliphatic rings. The van der Waals surface area contributed by atoms with Crippen LogP contribution in [0.25, 0.3) is 0 Å². The Balaban J connectivity index is 2.45. The summed E-state index contributed by atoms with van der Waals surface area (Å²) in [6.07, 6.45) is -2.16. The minimum atomic E-state index is -4.08. The number of hydroxylamine groups is 2. The number of benzene rings is 1. The van der Waals surface area contributed by atoms with Gasteiger partial charge in [-0.25, -0.2) is 9.36 Å². The quantitative estimate of drug-likeness (QED) is 0.447. The lowest BCUT2D eigenvalue weighted by molar-refractivity contribution is -0.151. The highest BCUT2D eigenvalue weighted by atomic mass is 31.2. The molecule has 0 heterocycles. The number of carbonyl (C=O) groups excluding carboxylic acids is 1. The van der Waals surface area contributed by atoms with E-state index in [0.717, 1.165) is 5.56 Å². The first kappa shape index (κ1) is 19.1. The van der Waals surface area contributed by atoms with Crippen molar-refractivity contribution >= 4 is 19.7 Å². The van der Waals surface area contributed by atoms with Crippen molar-refractivity contribution in [2.75, 3.05) is 19.3 Å². The molecule has 0 bridgehead atoms. The number of nitrogens with two attached hydrogens (primary N) is 1. The smallest absolute Gasteiger partial charge is 0.431 e. The number of nitrogens with zero attached hydrogens (tertiary/aromatic N) is 1. The predicted molar refractivity (Wildman–Crippen MR) is 80.4 cm³/mol. The number of carboxylic acid groups (broad SMARTS) is 1. The van der Waals surface area contributed by atoms with Crippen molar-refractivity contribution < 1.29 is 33.5 Å². The minimum absolute atomic E-state index is 0.00779. The molecule has 0 saturated heterocycles. The van der Waals surface area contributed by atoms with Crippen LogP contribution in [0.5, 0.6) is 0 Å². The average Bonchev–Trinajstić information content (AvgIpc) is 2.47. The van der Waals surface area contributed by atoms with E-state index in [0.29, 0.717) is 5.06 Å². The number of amides is 1. The molecule has 0 aliphatic carbocycles. The lowest BCUT2D eigenvalue weighted by Crippen LogP contribution is -2.32. The lowest BCUT2D eigenvalue weighted by atomic mass is 10.2. The fraction of sp³-hybridized carbons (Fsp3) is 0.385. The topological polar surface area (TPSA) is 139 Å². The van der Waals surface area contributed by atoms with Crippen LogP contribution < -0.4 is 5.73 Å². The van der Waals surface area contributed by atoms with Crippen LogP contribution >= 0.6 is 7.60 Å². The molecule has 1 amide bonds. The van der Waals surface area contributed by atoms with Gasteiger partial charge in [0.1, 0.15) is 6.61 Å². The van der Waals surface area contributed by atoms with E-state index in [1.54, 1.807) is 24.3 Å². The summed E-state index contributed by atoms with van der Waals surface area (Å²) in [7, 11) is -4.08. The minimum Gasteiger partial charge on any atom is -0.463 e. The maximum absolute atomic E-state index is 11.5. The number of carbonyl (C=O) groups is 2. The van der Waals surface area contributed by atoms with Crippen molar-refractivity contribution in [2.24, 2.45) is 5.73 Å². The molecule has 0 radical (unpaired) electrons. The van der Waals surface area contributed by atoms with Crippen molar-refractivity contribution in [3.05, 3.63) is 35.9 Å². The van der Waals surface area contributed by atoms with E-state index in [1.165, 1.54) is 0 Å². The molecule has 1 atom stereocenters. The maximum Gasteiger partial charge on any atom is 0.431 e. The first-order valence-corrected chi connectivity index (χ1v) is 8.52. The highest BCUT2D eigenvalue weighted by molar-refractivity contribution is 7.53. The predicted octanol–water partition coefficient (Wildman–Crippen LogP) is 1.18. The third-order valence-corrected chi connectivity index (χ3v) is 3.93. The largest absolute Gasteiger partial charge is 0.463 e. The van der Waals surface area contributed by atoms with Gasteiger partial charge in [0.2, 0.25) is 0 Å². The Hall–Kier alpha value is -1.93. The van der Waals surface area contributed by atoms with E-state index >= 15 is 0 Å². The Morgan fingerprint density at radius 2 is 1.91 bits per heavy atom. The zero-order valence-corrected chi connectivity index (χ0v) is 13.2. The van der Waals surface area contributed by atoms with E-state index in [1.807, 2.05) is 6.07 Å². The van der Waals surface area contributed by atoms with Crippen LogP contribution in [0.3, 0.4) is 0 Å². The fourth-order valence-electron chi connectivity index (χ4n) is 1.55. The molecule has 0 saturated carbocycles. The van der Waals surface area contributed by atoms with Gasteiger partial charge in [-0.3, -0.25) is 9.63 Å². The number of hydrogen-bond donors (Lipinski definition) is 3. The summed E-state index contributed by atoms with van der Waals surface area (Å²) < 4.78 is 15.8. The van der Waals surface area contributed by atoms with Gasteiger partial charge in [0, 0.05) is 6.54 Å². The molecule has 23 heavy (non-hydrogen) atoms. The Morgan fingerprint density at radius 1 is 1.26 bits per heavy atom. The summed E-state index contributed by atoms with van der Waals surface area (Å²) in [5.41, 5.74) is 5.87. The summed E-state index contributed by atoms with van der Waals surface area (Å²) in [6.45, 7) is -0.431. The fourth-order valence-corrected chi connectivity index (χ4v) is 2.38. The van der Waals surface area contributed by atoms with Crippen molar-refractivity contribution in [3.63, 3.8) is 0 Å². The molecule has 1 aromatic carbocycles. The summed E-state index contributed by atoms with van der Waals surface area (Å²) in [5.74, 6) is -1.00. The van der Waals surface area contributed by atoms with Crippen LogP contribution in [0.4, 0.5) is 4.79 Å². The van der Waals surface area contributed by atoms with Crippen molar-refractivity contribution in [2.45, 2.75) is 13.0 Å². The summed E-state index contributed by atoms with van der Waals surface area (Å²) in [6, 6.07) is 8.87. The van der Waals surface area contributed by atoms with Crippen LogP contribution in [0, 0.1) is 0 Å². The third kappa shape index (κ3) is 7.75. The van der Waals surface area contributed by atoms with Gasteiger partial charge in [0.15, 0.2) is 0 Å². The van der Waals surface area contributed by atoms with Crippen molar-refractivity contribution in [1.82, 2.24) is 5.06 Å². The SMILES string of the molecule is NCCP(=O)(O)OC(=O)CCN(OCc1ccccc1)C(=O)O. The van der Waals surface area contributed by atoms with Gasteiger partial charge >= 0.3 is 19.7 Å². The number of rotatable bonds is 9. The van der Waals surface area contributed by atoms with E-state index in [-0.39, 0.29) is 25.9 Å². The molecule has 128 valence electrons. The summed E-state index contributed by atoms with van der Waals surface area (Å²) in [4.78, 5) is 36.9. The van der Waals surface area contributed by atoms with Gasteiger partial charge in [-0.2, -0.15) is 5.06 Å². The van der Waals surface area contributed by atoms with Crippen LogP contribution in [0.15, 0.2) is 30.3 Å². The normalized spacial score (nSPS) is 13.1. The molecule has 9 nitrogen and oxygen atoms in total. The molecule has 4 N–H and O–H groups in total. The molecule has 1 rings (SSSR count). The molecule has 0 aromatic heterocycles. The molecule has 0 spiro atoms. The molecule has 0 aliphatic heterocycles. The van der Waals surface area contributed by atoms with Gasteiger partial charge in [-0.15, -0.1) is 0 Å². The monoisotopic (exact) mass is 346 g/mol. The highest BCUT2D eigenvalue weighted by Gasteiger charge is 2.24. The van der Waals surface area contributed by atoms with Gasteiger partial charge in [-0.1, -0.05) is 30.3 Å². The van der Waals surface area contributed by atoms with E-state index < -0.39 is 26.1 Å². The Labute approximate surface area is 133 Å². The van der Waals surface area contributed by atoms with E-state index in [9.17, 15) is 19.0 Å². The summed E-state index contributed by atoms with van der Waals surface area (Å²) in [5, 5.41) is 9.58. The standard InChI is InChI=1S/C13H19N2O7P/c14-7-9-23(19,20)22-12(16)6-8-15(13(17)18)21-10-11-4-2-1-3-5-11/h1-5H,6-10,14H2,(H,17,18)(H,19,20). The van der Waals surface area contributed by atoms with Gasteiger partial charge < -0.3 is 20.3 Å². The third-order valence-electron chi connectivity index (χ3n) is 2.62. The first-order chi connectivity index (χ1) is 10.8. The molecular weight excluding hydrogens is 327 g/mol. The molecule has 10 heteroatoms. The van der Waals surface area contributed by atoms with Gasteiger partial charge in [0.25, 0.3) is 0 Å². The zero-order valence-electron chi connectivity index (χ0n) is 12.3. The molecule has 1 unspecified atom stereocenters. The second kappa shape index (κ2) is 9.26. The van der Waals surface area contributed by atoms with E-state index in [4.69, 9.17) is 15.7 Å².